The highest BCUT2D eigenvalue weighted by atomic mass is 16.5. The Morgan fingerprint density at radius 1 is 0.941 bits per heavy atom. The second-order valence-corrected chi connectivity index (χ2v) is 7.85. The minimum Gasteiger partial charge on any atom is -0.496 e. The van der Waals surface area contributed by atoms with Gasteiger partial charge in [0.1, 0.15) is 11.4 Å². The van der Waals surface area contributed by atoms with E-state index in [1.54, 1.807) is 37.7 Å². The van der Waals surface area contributed by atoms with Gasteiger partial charge < -0.3 is 15.0 Å². The van der Waals surface area contributed by atoms with Crippen LogP contribution in [0, 0.1) is 0 Å². The molecule has 2 aromatic carbocycles. The molecular weight excluding hydrogens is 428 g/mol. The van der Waals surface area contributed by atoms with Crippen LogP contribution in [0.2, 0.25) is 0 Å². The summed E-state index contributed by atoms with van der Waals surface area (Å²) in [7, 11) is 1.55. The Balaban J connectivity index is 1.72. The van der Waals surface area contributed by atoms with Gasteiger partial charge in [0.2, 0.25) is 0 Å². The molecule has 34 heavy (non-hydrogen) atoms. The molecule has 0 atom stereocenters. The fourth-order valence-electron chi connectivity index (χ4n) is 4.10. The number of benzene rings is 2. The highest BCUT2D eigenvalue weighted by Gasteiger charge is 2.40. The predicted molar refractivity (Wildman–Crippen MR) is 133 cm³/mol. The zero-order chi connectivity index (χ0) is 24.1. The summed E-state index contributed by atoms with van der Waals surface area (Å²) in [6, 6.07) is 18.7. The van der Waals surface area contributed by atoms with Gasteiger partial charge in [0.15, 0.2) is 0 Å². The number of methoxy groups -OCH3 is 1. The van der Waals surface area contributed by atoms with Crippen LogP contribution in [0.4, 0.5) is 11.4 Å². The third kappa shape index (κ3) is 4.50. The van der Waals surface area contributed by atoms with Crippen LogP contribution < -0.4 is 15.0 Å². The van der Waals surface area contributed by atoms with Crippen LogP contribution in [0.1, 0.15) is 25.0 Å². The lowest BCUT2D eigenvalue weighted by Crippen LogP contribution is -2.32. The number of amides is 2. The lowest BCUT2D eigenvalue weighted by atomic mass is 10.0. The van der Waals surface area contributed by atoms with Crippen molar-refractivity contribution < 1.29 is 14.3 Å². The monoisotopic (exact) mass is 456 g/mol. The fourth-order valence-corrected chi connectivity index (χ4v) is 4.10. The molecule has 174 valence electrons. The van der Waals surface area contributed by atoms with Crippen LogP contribution >= 0.6 is 0 Å². The third-order valence-corrected chi connectivity index (χ3v) is 5.87. The number of carbonyl (C=O) groups excluding carboxylic acids is 2. The van der Waals surface area contributed by atoms with Gasteiger partial charge in [-0.3, -0.25) is 19.5 Å². The number of para-hydroxylation sites is 1. The van der Waals surface area contributed by atoms with Crippen LogP contribution in [0.5, 0.6) is 5.75 Å². The maximum atomic E-state index is 13.5. The Morgan fingerprint density at radius 3 is 2.32 bits per heavy atom. The van der Waals surface area contributed by atoms with Gasteiger partial charge in [0, 0.05) is 42.4 Å². The van der Waals surface area contributed by atoms with Crippen molar-refractivity contribution >= 4 is 28.8 Å². The zero-order valence-electron chi connectivity index (χ0n) is 19.6. The number of carbonyl (C=O) groups is 2. The van der Waals surface area contributed by atoms with E-state index >= 15 is 0 Å². The number of rotatable bonds is 9. The van der Waals surface area contributed by atoms with Crippen LogP contribution in [0.15, 0.2) is 78.8 Å². The smallest absolute Gasteiger partial charge is 0.278 e. The minimum absolute atomic E-state index is 0.135. The number of pyridine rings is 1. The van der Waals surface area contributed by atoms with Gasteiger partial charge in [0.25, 0.3) is 11.8 Å². The van der Waals surface area contributed by atoms with Crippen LogP contribution in [-0.2, 0) is 16.1 Å². The number of aromatic nitrogens is 1. The molecule has 3 aromatic rings. The number of nitrogens with zero attached hydrogens (tertiary/aromatic N) is 3. The van der Waals surface area contributed by atoms with Crippen molar-refractivity contribution in [2.45, 2.75) is 20.4 Å². The van der Waals surface area contributed by atoms with Gasteiger partial charge in [-0.1, -0.05) is 24.3 Å². The maximum absolute atomic E-state index is 13.5. The Kier molecular flexibility index (Phi) is 6.92. The van der Waals surface area contributed by atoms with Crippen molar-refractivity contribution in [3.05, 3.63) is 89.9 Å². The van der Waals surface area contributed by atoms with Crippen molar-refractivity contribution in [2.75, 3.05) is 30.4 Å². The molecule has 1 aromatic heterocycles. The van der Waals surface area contributed by atoms with E-state index in [0.717, 1.165) is 30.0 Å². The summed E-state index contributed by atoms with van der Waals surface area (Å²) >= 11 is 0. The first-order valence-corrected chi connectivity index (χ1v) is 11.3. The molecule has 0 spiro atoms. The molecule has 4 rings (SSSR count). The molecule has 7 heteroatoms. The Bertz CT molecular complexity index is 1200. The molecule has 0 radical (unpaired) electrons. The SMILES string of the molecule is CCN(CC)c1ccc(NC2=C(c3ccccc3OC)C(=O)N(Cc3cccnc3)C2=O)cc1. The van der Waals surface area contributed by atoms with E-state index in [0.29, 0.717) is 16.9 Å². The molecule has 2 amide bonds. The van der Waals surface area contributed by atoms with Crippen LogP contribution in [-0.4, -0.2) is 41.9 Å². The Hall–Kier alpha value is -4.13. The fraction of sp³-hybridized carbons (Fsp3) is 0.222. The van der Waals surface area contributed by atoms with Gasteiger partial charge in [-0.25, -0.2) is 0 Å². The molecule has 1 aliphatic rings. The normalized spacial score (nSPS) is 13.4. The summed E-state index contributed by atoms with van der Waals surface area (Å²) in [6.07, 6.45) is 3.31. The summed E-state index contributed by atoms with van der Waals surface area (Å²) in [5, 5.41) is 3.22. The molecule has 1 N–H and O–H groups in total. The van der Waals surface area contributed by atoms with E-state index in [2.05, 4.69) is 29.0 Å². The summed E-state index contributed by atoms with van der Waals surface area (Å²) in [6.45, 7) is 6.17. The van der Waals surface area contributed by atoms with Crippen LogP contribution in [0.25, 0.3) is 5.57 Å². The van der Waals surface area contributed by atoms with E-state index in [1.165, 1.54) is 4.90 Å². The van der Waals surface area contributed by atoms with Crippen molar-refractivity contribution in [2.24, 2.45) is 0 Å². The van der Waals surface area contributed by atoms with Crippen molar-refractivity contribution in [1.82, 2.24) is 9.88 Å². The van der Waals surface area contributed by atoms with Gasteiger partial charge in [-0.15, -0.1) is 0 Å². The number of nitrogens with one attached hydrogen (secondary N) is 1. The molecule has 0 bridgehead atoms. The van der Waals surface area contributed by atoms with Gasteiger partial charge in [-0.05, 0) is 55.8 Å². The first-order chi connectivity index (χ1) is 16.6. The van der Waals surface area contributed by atoms with E-state index < -0.39 is 0 Å². The standard InChI is InChI=1S/C27H28N4O3/c1-4-30(5-2)21-14-12-20(13-15-21)29-25-24(22-10-6-7-11-23(22)34-3)26(32)31(27(25)33)18-19-9-8-16-28-17-19/h6-17,29H,4-5,18H2,1-3H3. The first-order valence-electron chi connectivity index (χ1n) is 11.3. The topological polar surface area (TPSA) is 74.8 Å². The number of anilines is 2. The lowest BCUT2D eigenvalue weighted by molar-refractivity contribution is -0.137. The molecular formula is C27H28N4O3. The molecule has 7 nitrogen and oxygen atoms in total. The molecule has 0 fully saturated rings. The van der Waals surface area contributed by atoms with Crippen LogP contribution in [0.3, 0.4) is 0 Å². The summed E-state index contributed by atoms with van der Waals surface area (Å²) in [4.78, 5) is 34.6. The maximum Gasteiger partial charge on any atom is 0.278 e. The molecule has 2 heterocycles. The molecule has 0 aliphatic carbocycles. The molecule has 0 saturated heterocycles. The number of imide groups is 1. The minimum atomic E-state index is -0.387. The second kappa shape index (κ2) is 10.2. The summed E-state index contributed by atoms with van der Waals surface area (Å²) in [5.74, 6) is -0.235. The van der Waals surface area contributed by atoms with Gasteiger partial charge >= 0.3 is 0 Å². The molecule has 0 saturated carbocycles. The number of ether oxygens (including phenoxy) is 1. The zero-order valence-corrected chi connectivity index (χ0v) is 19.6. The lowest BCUT2D eigenvalue weighted by Gasteiger charge is -2.21. The third-order valence-electron chi connectivity index (χ3n) is 5.87. The largest absolute Gasteiger partial charge is 0.496 e. The quantitative estimate of drug-likeness (QED) is 0.483. The van der Waals surface area contributed by atoms with Crippen molar-refractivity contribution in [3.8, 4) is 5.75 Å². The van der Waals surface area contributed by atoms with Gasteiger partial charge in [0.05, 0.1) is 19.2 Å². The summed E-state index contributed by atoms with van der Waals surface area (Å²) in [5.41, 5.74) is 3.69. The van der Waals surface area contributed by atoms with E-state index in [-0.39, 0.29) is 24.1 Å². The average Bonchev–Trinajstić information content (AvgIpc) is 3.10. The Labute approximate surface area is 199 Å². The number of hydrogen-bond acceptors (Lipinski definition) is 6. The van der Waals surface area contributed by atoms with E-state index in [4.69, 9.17) is 4.74 Å². The van der Waals surface area contributed by atoms with Crippen molar-refractivity contribution in [1.29, 1.82) is 0 Å². The average molecular weight is 457 g/mol. The van der Waals surface area contributed by atoms with E-state index in [9.17, 15) is 9.59 Å². The first kappa shape index (κ1) is 23.0. The van der Waals surface area contributed by atoms with E-state index in [1.807, 2.05) is 42.5 Å². The number of hydrogen-bond donors (Lipinski definition) is 1. The van der Waals surface area contributed by atoms with Crippen molar-refractivity contribution in [3.63, 3.8) is 0 Å². The molecule has 1 aliphatic heterocycles. The highest BCUT2D eigenvalue weighted by molar-refractivity contribution is 6.36. The molecule has 0 unspecified atom stereocenters. The highest BCUT2D eigenvalue weighted by Crippen LogP contribution is 2.36. The predicted octanol–water partition coefficient (Wildman–Crippen LogP) is 4.33. The Morgan fingerprint density at radius 2 is 1.68 bits per heavy atom. The summed E-state index contributed by atoms with van der Waals surface area (Å²) < 4.78 is 5.50. The second-order valence-electron chi connectivity index (χ2n) is 7.85. The van der Waals surface area contributed by atoms with Gasteiger partial charge in [-0.2, -0.15) is 0 Å².